The van der Waals surface area contributed by atoms with Crippen molar-refractivity contribution in [2.45, 2.75) is 6.92 Å². The summed E-state index contributed by atoms with van der Waals surface area (Å²) in [7, 11) is 0. The third-order valence-electron chi connectivity index (χ3n) is 3.08. The van der Waals surface area contributed by atoms with Gasteiger partial charge in [-0.25, -0.2) is 9.37 Å². The minimum absolute atomic E-state index is 0.314. The van der Waals surface area contributed by atoms with Gasteiger partial charge in [0.2, 0.25) is 0 Å². The van der Waals surface area contributed by atoms with Gasteiger partial charge in [0.25, 0.3) is 0 Å². The molecule has 1 aromatic carbocycles. The van der Waals surface area contributed by atoms with Crippen molar-refractivity contribution >= 4 is 39.0 Å². The molecule has 0 unspecified atom stereocenters. The topological polar surface area (TPSA) is 43.3 Å². The fraction of sp³-hybridized carbons (Fsp3) is 0.0714. The van der Waals surface area contributed by atoms with Crippen LogP contribution in [0.1, 0.15) is 5.56 Å². The first-order chi connectivity index (χ1) is 9.45. The summed E-state index contributed by atoms with van der Waals surface area (Å²) in [6.07, 6.45) is 1.84. The number of aryl methyl sites for hydroxylation is 1. The van der Waals surface area contributed by atoms with Gasteiger partial charge in [-0.05, 0) is 52.7 Å². The predicted molar refractivity (Wildman–Crippen MR) is 82.4 cm³/mol. The summed E-state index contributed by atoms with van der Waals surface area (Å²) in [6, 6.07) is 6.17. The number of fused-ring (bicyclic) bond motifs is 1. The van der Waals surface area contributed by atoms with Crippen molar-refractivity contribution in [2.75, 3.05) is 5.73 Å². The molecule has 6 heteroatoms. The van der Waals surface area contributed by atoms with Gasteiger partial charge in [0, 0.05) is 21.3 Å². The van der Waals surface area contributed by atoms with Gasteiger partial charge in [-0.2, -0.15) is 0 Å². The van der Waals surface area contributed by atoms with E-state index in [1.807, 2.05) is 19.2 Å². The summed E-state index contributed by atoms with van der Waals surface area (Å²) in [4.78, 5) is 4.46. The highest BCUT2D eigenvalue weighted by Gasteiger charge is 2.14. The molecule has 0 atom stereocenters. The quantitative estimate of drug-likeness (QED) is 0.702. The SMILES string of the molecule is Cc1cc2nc(-c3cc(F)cc(Cl)c3)c(N)n2cc1Br. The molecule has 0 radical (unpaired) electrons. The van der Waals surface area contributed by atoms with E-state index in [4.69, 9.17) is 17.3 Å². The van der Waals surface area contributed by atoms with Crippen LogP contribution in [0.25, 0.3) is 16.9 Å². The third-order valence-corrected chi connectivity index (χ3v) is 4.12. The summed E-state index contributed by atoms with van der Waals surface area (Å²) >= 11 is 9.33. The molecule has 3 nitrogen and oxygen atoms in total. The lowest BCUT2D eigenvalue weighted by atomic mass is 10.1. The van der Waals surface area contributed by atoms with E-state index in [1.54, 1.807) is 10.5 Å². The Hall–Kier alpha value is -1.59. The molecule has 0 saturated heterocycles. The molecule has 2 N–H and O–H groups in total. The molecule has 0 bridgehead atoms. The molecule has 0 fully saturated rings. The van der Waals surface area contributed by atoms with Crippen LogP contribution in [0.2, 0.25) is 5.02 Å². The molecule has 0 amide bonds. The van der Waals surface area contributed by atoms with Crippen LogP contribution in [0.3, 0.4) is 0 Å². The van der Waals surface area contributed by atoms with E-state index in [2.05, 4.69) is 20.9 Å². The first kappa shape index (κ1) is 13.4. The Balaban J connectivity index is 2.29. The van der Waals surface area contributed by atoms with Crippen molar-refractivity contribution in [1.82, 2.24) is 9.38 Å². The van der Waals surface area contributed by atoms with Crippen LogP contribution < -0.4 is 5.73 Å². The number of pyridine rings is 1. The molecule has 3 rings (SSSR count). The molecular weight excluding hydrogens is 345 g/mol. The number of imidazole rings is 1. The van der Waals surface area contributed by atoms with Crippen molar-refractivity contribution in [3.05, 3.63) is 51.3 Å². The number of nitrogens with zero attached hydrogens (tertiary/aromatic N) is 2. The lowest BCUT2D eigenvalue weighted by molar-refractivity contribution is 0.628. The lowest BCUT2D eigenvalue weighted by Crippen LogP contribution is -1.95. The number of nitrogens with two attached hydrogens (primary N) is 1. The zero-order chi connectivity index (χ0) is 14.4. The highest BCUT2D eigenvalue weighted by Crippen LogP contribution is 2.30. The van der Waals surface area contributed by atoms with Gasteiger partial charge in [0.05, 0.1) is 0 Å². The zero-order valence-electron chi connectivity index (χ0n) is 10.5. The fourth-order valence-corrected chi connectivity index (χ4v) is 2.62. The Morgan fingerprint density at radius 1 is 1.30 bits per heavy atom. The molecule has 0 saturated carbocycles. The number of halogens is 3. The van der Waals surface area contributed by atoms with Gasteiger partial charge < -0.3 is 5.73 Å². The standard InChI is InChI=1S/C14H10BrClFN3/c1-7-2-12-19-13(14(18)20(12)6-11(7)15)8-3-9(16)5-10(17)4-8/h2-6H,18H2,1H3. The van der Waals surface area contributed by atoms with Crippen LogP contribution in [0.15, 0.2) is 34.9 Å². The minimum atomic E-state index is -0.415. The highest BCUT2D eigenvalue weighted by atomic mass is 79.9. The monoisotopic (exact) mass is 353 g/mol. The van der Waals surface area contributed by atoms with Crippen LogP contribution >= 0.6 is 27.5 Å². The summed E-state index contributed by atoms with van der Waals surface area (Å²) in [6.45, 7) is 1.97. The third kappa shape index (κ3) is 2.17. The van der Waals surface area contributed by atoms with Gasteiger partial charge in [-0.3, -0.25) is 4.40 Å². The smallest absolute Gasteiger partial charge is 0.139 e. The van der Waals surface area contributed by atoms with Crippen molar-refractivity contribution < 1.29 is 4.39 Å². The van der Waals surface area contributed by atoms with E-state index < -0.39 is 5.82 Å². The lowest BCUT2D eigenvalue weighted by Gasteiger charge is -2.02. The zero-order valence-corrected chi connectivity index (χ0v) is 12.8. The number of nitrogen functional groups attached to an aromatic ring is 1. The van der Waals surface area contributed by atoms with Gasteiger partial charge in [0.15, 0.2) is 0 Å². The van der Waals surface area contributed by atoms with Crippen molar-refractivity contribution in [3.8, 4) is 11.3 Å². The van der Waals surface area contributed by atoms with Crippen LogP contribution in [0, 0.1) is 12.7 Å². The normalized spacial score (nSPS) is 11.2. The summed E-state index contributed by atoms with van der Waals surface area (Å²) in [5.74, 6) is 0.0312. The predicted octanol–water partition coefficient (Wildman–Crippen LogP) is 4.45. The maximum Gasteiger partial charge on any atom is 0.139 e. The molecule has 0 spiro atoms. The first-order valence-corrected chi connectivity index (χ1v) is 7.03. The van der Waals surface area contributed by atoms with E-state index in [-0.39, 0.29) is 0 Å². The Labute approximate surface area is 128 Å². The Bertz CT molecular complexity index is 809. The van der Waals surface area contributed by atoms with Crippen LogP contribution in [-0.2, 0) is 0 Å². The second kappa shape index (κ2) is 4.75. The van der Waals surface area contributed by atoms with Crippen molar-refractivity contribution in [2.24, 2.45) is 0 Å². The van der Waals surface area contributed by atoms with Crippen molar-refractivity contribution in [1.29, 1.82) is 0 Å². The highest BCUT2D eigenvalue weighted by molar-refractivity contribution is 9.10. The Kier molecular flexibility index (Phi) is 3.18. The molecule has 102 valence electrons. The second-order valence-corrected chi connectivity index (χ2v) is 5.83. The molecule has 0 aliphatic heterocycles. The number of hydrogen-bond acceptors (Lipinski definition) is 2. The molecular formula is C14H10BrClFN3. The number of anilines is 1. The van der Waals surface area contributed by atoms with E-state index in [0.717, 1.165) is 10.0 Å². The molecule has 2 aromatic heterocycles. The van der Waals surface area contributed by atoms with Crippen molar-refractivity contribution in [3.63, 3.8) is 0 Å². The van der Waals surface area contributed by atoms with Crippen LogP contribution in [0.4, 0.5) is 10.2 Å². The van der Waals surface area contributed by atoms with E-state index in [0.29, 0.717) is 27.7 Å². The van der Waals surface area contributed by atoms with Gasteiger partial charge in [-0.1, -0.05) is 11.6 Å². The number of aromatic nitrogens is 2. The molecule has 20 heavy (non-hydrogen) atoms. The average Bonchev–Trinajstić information content (AvgIpc) is 2.66. The molecule has 3 aromatic rings. The van der Waals surface area contributed by atoms with Crippen LogP contribution in [0.5, 0.6) is 0 Å². The van der Waals surface area contributed by atoms with E-state index in [1.165, 1.54) is 12.1 Å². The van der Waals surface area contributed by atoms with Gasteiger partial charge in [0.1, 0.15) is 23.0 Å². The average molecular weight is 355 g/mol. The van der Waals surface area contributed by atoms with Crippen LogP contribution in [-0.4, -0.2) is 9.38 Å². The largest absolute Gasteiger partial charge is 0.383 e. The summed E-state index contributed by atoms with van der Waals surface area (Å²) in [5, 5.41) is 0.314. The number of hydrogen-bond donors (Lipinski definition) is 1. The molecule has 2 heterocycles. The summed E-state index contributed by atoms with van der Waals surface area (Å²) < 4.78 is 16.1. The fourth-order valence-electron chi connectivity index (χ4n) is 2.08. The minimum Gasteiger partial charge on any atom is -0.383 e. The second-order valence-electron chi connectivity index (χ2n) is 4.54. The summed E-state index contributed by atoms with van der Waals surface area (Å²) in [5.41, 5.74) is 8.94. The maximum absolute atomic E-state index is 13.5. The van der Waals surface area contributed by atoms with E-state index >= 15 is 0 Å². The molecule has 0 aliphatic carbocycles. The van der Waals surface area contributed by atoms with E-state index in [9.17, 15) is 4.39 Å². The number of rotatable bonds is 1. The first-order valence-electron chi connectivity index (χ1n) is 5.86. The Morgan fingerprint density at radius 3 is 2.75 bits per heavy atom. The molecule has 0 aliphatic rings. The maximum atomic E-state index is 13.5. The van der Waals surface area contributed by atoms with Gasteiger partial charge in [-0.15, -0.1) is 0 Å². The Morgan fingerprint density at radius 2 is 2.05 bits per heavy atom. The number of benzene rings is 1. The van der Waals surface area contributed by atoms with Gasteiger partial charge >= 0.3 is 0 Å².